The molecule has 1 aromatic heterocycles. The predicted octanol–water partition coefficient (Wildman–Crippen LogP) is 5.99. The first kappa shape index (κ1) is 22.8. The van der Waals surface area contributed by atoms with E-state index in [0.29, 0.717) is 28.9 Å². The SMILES string of the molecule is CCCCSc1nc2c(c(=O)[nH]1)C(c1ccc(C(C)C)cc1)C1=C(CC(C)(C)CC1=O)N2. The van der Waals surface area contributed by atoms with Crippen LogP contribution >= 0.6 is 11.8 Å². The van der Waals surface area contributed by atoms with Gasteiger partial charge in [-0.2, -0.15) is 0 Å². The van der Waals surface area contributed by atoms with Crippen molar-refractivity contribution in [3.05, 3.63) is 62.6 Å². The Morgan fingerprint density at radius 3 is 2.53 bits per heavy atom. The highest BCUT2D eigenvalue weighted by atomic mass is 32.2. The third-order valence-electron chi connectivity index (χ3n) is 6.37. The van der Waals surface area contributed by atoms with Crippen LogP contribution in [0.1, 0.15) is 88.8 Å². The van der Waals surface area contributed by atoms with Crippen molar-refractivity contribution in [2.45, 2.75) is 77.3 Å². The van der Waals surface area contributed by atoms with E-state index in [1.165, 1.54) is 5.56 Å². The van der Waals surface area contributed by atoms with Crippen molar-refractivity contribution in [1.29, 1.82) is 0 Å². The first-order chi connectivity index (χ1) is 15.2. The standard InChI is InChI=1S/C26H33N3O2S/c1-6-7-12-32-25-28-23-22(24(31)29-25)20(17-10-8-16(9-11-17)15(2)3)21-18(27-23)13-26(4,5)14-19(21)30/h8-11,15,20H,6-7,12-14H2,1-5H3,(H2,27,28,29,31). The minimum Gasteiger partial charge on any atom is -0.343 e. The van der Waals surface area contributed by atoms with E-state index in [0.717, 1.165) is 41.8 Å². The Morgan fingerprint density at radius 2 is 1.88 bits per heavy atom. The Balaban J connectivity index is 1.84. The van der Waals surface area contributed by atoms with Gasteiger partial charge in [-0.25, -0.2) is 4.98 Å². The maximum absolute atomic E-state index is 13.3. The molecule has 1 aliphatic heterocycles. The monoisotopic (exact) mass is 451 g/mol. The predicted molar refractivity (Wildman–Crippen MR) is 132 cm³/mol. The minimum atomic E-state index is -0.392. The molecule has 2 heterocycles. The second-order valence-corrected chi connectivity index (χ2v) is 11.1. The number of nitrogens with one attached hydrogen (secondary N) is 2. The first-order valence-corrected chi connectivity index (χ1v) is 12.6. The summed E-state index contributed by atoms with van der Waals surface area (Å²) in [6, 6.07) is 8.34. The Labute approximate surface area is 194 Å². The number of Topliss-reactive ketones (excluding diaryl/α,β-unsaturated/α-hetero) is 1. The second-order valence-electron chi connectivity index (χ2n) is 10.0. The van der Waals surface area contributed by atoms with E-state index in [1.54, 1.807) is 11.8 Å². The Morgan fingerprint density at radius 1 is 1.16 bits per heavy atom. The summed E-state index contributed by atoms with van der Waals surface area (Å²) >= 11 is 1.57. The fourth-order valence-electron chi connectivity index (χ4n) is 4.68. The maximum Gasteiger partial charge on any atom is 0.257 e. The number of thioether (sulfide) groups is 1. The lowest BCUT2D eigenvalue weighted by atomic mass is 9.69. The zero-order valence-electron chi connectivity index (χ0n) is 19.7. The molecule has 1 unspecified atom stereocenters. The number of anilines is 1. The van der Waals surface area contributed by atoms with E-state index in [9.17, 15) is 9.59 Å². The molecule has 5 nitrogen and oxygen atoms in total. The zero-order chi connectivity index (χ0) is 23.0. The van der Waals surface area contributed by atoms with Crippen molar-refractivity contribution < 1.29 is 4.79 Å². The molecule has 2 aliphatic rings. The van der Waals surface area contributed by atoms with Crippen LogP contribution in [0.3, 0.4) is 0 Å². The van der Waals surface area contributed by atoms with E-state index >= 15 is 0 Å². The molecule has 170 valence electrons. The van der Waals surface area contributed by atoms with Crippen molar-refractivity contribution in [2.75, 3.05) is 11.1 Å². The normalized spacial score (nSPS) is 19.6. The molecule has 0 radical (unpaired) electrons. The molecule has 2 N–H and O–H groups in total. The molecule has 1 aromatic carbocycles. The average molecular weight is 452 g/mol. The van der Waals surface area contributed by atoms with Crippen molar-refractivity contribution in [3.63, 3.8) is 0 Å². The topological polar surface area (TPSA) is 74.8 Å². The molecule has 0 saturated carbocycles. The van der Waals surface area contributed by atoms with Crippen LogP contribution in [0.5, 0.6) is 0 Å². The molecule has 1 atom stereocenters. The third kappa shape index (κ3) is 4.42. The smallest absolute Gasteiger partial charge is 0.257 e. The highest BCUT2D eigenvalue weighted by Gasteiger charge is 2.42. The lowest BCUT2D eigenvalue weighted by Crippen LogP contribution is -2.37. The third-order valence-corrected chi connectivity index (χ3v) is 7.33. The van der Waals surface area contributed by atoms with Crippen LogP contribution in [0.4, 0.5) is 5.82 Å². The molecule has 1 aliphatic carbocycles. The molecular formula is C26H33N3O2S. The fraction of sp³-hybridized carbons (Fsp3) is 0.500. The van der Waals surface area contributed by atoms with Gasteiger partial charge < -0.3 is 10.3 Å². The summed E-state index contributed by atoms with van der Waals surface area (Å²) in [5, 5.41) is 4.03. The molecule has 0 amide bonds. The number of hydrogen-bond donors (Lipinski definition) is 2. The summed E-state index contributed by atoms with van der Waals surface area (Å²) in [5.74, 6) is 1.65. The highest BCUT2D eigenvalue weighted by Crippen LogP contribution is 2.47. The number of ketones is 1. The molecule has 6 heteroatoms. The van der Waals surface area contributed by atoms with Gasteiger partial charge in [0.1, 0.15) is 5.82 Å². The van der Waals surface area contributed by atoms with Gasteiger partial charge in [0.05, 0.1) is 5.56 Å². The largest absolute Gasteiger partial charge is 0.343 e. The number of unbranched alkanes of at least 4 members (excludes halogenated alkanes) is 1. The highest BCUT2D eigenvalue weighted by molar-refractivity contribution is 7.99. The van der Waals surface area contributed by atoms with E-state index in [1.807, 2.05) is 0 Å². The minimum absolute atomic E-state index is 0.119. The summed E-state index contributed by atoms with van der Waals surface area (Å²) in [4.78, 5) is 34.4. The number of fused-ring (bicyclic) bond motifs is 1. The Hall–Kier alpha value is -2.34. The van der Waals surface area contributed by atoms with Gasteiger partial charge in [0.25, 0.3) is 5.56 Å². The van der Waals surface area contributed by atoms with E-state index < -0.39 is 5.92 Å². The van der Waals surface area contributed by atoms with Crippen molar-refractivity contribution in [1.82, 2.24) is 9.97 Å². The van der Waals surface area contributed by atoms with E-state index in [4.69, 9.17) is 4.98 Å². The summed E-state index contributed by atoms with van der Waals surface area (Å²) in [6.45, 7) is 10.7. The Kier molecular flexibility index (Phi) is 6.35. The molecular weight excluding hydrogens is 418 g/mol. The lowest BCUT2D eigenvalue weighted by molar-refractivity contribution is -0.118. The number of H-pyrrole nitrogens is 1. The number of carbonyl (C=O) groups excluding carboxylic acids is 1. The van der Waals surface area contributed by atoms with Crippen molar-refractivity contribution >= 4 is 23.4 Å². The van der Waals surface area contributed by atoms with Gasteiger partial charge in [0.15, 0.2) is 10.9 Å². The molecule has 0 fully saturated rings. The number of benzene rings is 1. The zero-order valence-corrected chi connectivity index (χ0v) is 20.5. The molecule has 2 aromatic rings. The molecule has 32 heavy (non-hydrogen) atoms. The van der Waals surface area contributed by atoms with Gasteiger partial charge in [-0.1, -0.05) is 77.1 Å². The summed E-state index contributed by atoms with van der Waals surface area (Å²) in [6.07, 6.45) is 3.42. The summed E-state index contributed by atoms with van der Waals surface area (Å²) < 4.78 is 0. The molecule has 0 bridgehead atoms. The number of allylic oxidation sites excluding steroid dienone is 2. The fourth-order valence-corrected chi connectivity index (χ4v) is 5.63. The molecule has 0 saturated heterocycles. The summed E-state index contributed by atoms with van der Waals surface area (Å²) in [5.41, 5.74) is 4.12. The Bertz CT molecular complexity index is 1110. The summed E-state index contributed by atoms with van der Waals surface area (Å²) in [7, 11) is 0. The number of aromatic nitrogens is 2. The van der Waals surface area contributed by atoms with Gasteiger partial charge in [0, 0.05) is 29.4 Å². The van der Waals surface area contributed by atoms with Crippen LogP contribution in [0.2, 0.25) is 0 Å². The quantitative estimate of drug-likeness (QED) is 0.321. The first-order valence-electron chi connectivity index (χ1n) is 11.6. The molecule has 4 rings (SSSR count). The van der Waals surface area contributed by atoms with E-state index in [2.05, 4.69) is 69.2 Å². The number of carbonyl (C=O) groups is 1. The second kappa shape index (κ2) is 8.89. The van der Waals surface area contributed by atoms with Crippen LogP contribution in [-0.4, -0.2) is 21.5 Å². The van der Waals surface area contributed by atoms with Crippen LogP contribution in [0, 0.1) is 5.41 Å². The van der Waals surface area contributed by atoms with Gasteiger partial charge in [-0.05, 0) is 35.3 Å². The van der Waals surface area contributed by atoms with Crippen molar-refractivity contribution in [2.24, 2.45) is 5.41 Å². The van der Waals surface area contributed by atoms with Crippen molar-refractivity contribution in [3.8, 4) is 0 Å². The van der Waals surface area contributed by atoms with Gasteiger partial charge in [-0.3, -0.25) is 9.59 Å². The van der Waals surface area contributed by atoms with Gasteiger partial charge in [-0.15, -0.1) is 0 Å². The van der Waals surface area contributed by atoms with E-state index in [-0.39, 0.29) is 16.8 Å². The number of aromatic amines is 1. The maximum atomic E-state index is 13.3. The average Bonchev–Trinajstić information content (AvgIpc) is 2.71. The van der Waals surface area contributed by atoms with Crippen LogP contribution < -0.4 is 10.9 Å². The van der Waals surface area contributed by atoms with Crippen LogP contribution in [0.15, 0.2) is 45.5 Å². The van der Waals surface area contributed by atoms with Gasteiger partial charge >= 0.3 is 0 Å². The van der Waals surface area contributed by atoms with Crippen LogP contribution in [0.25, 0.3) is 0 Å². The molecule has 0 spiro atoms. The number of hydrogen-bond acceptors (Lipinski definition) is 5. The van der Waals surface area contributed by atoms with Crippen LogP contribution in [-0.2, 0) is 4.79 Å². The number of nitrogens with zero attached hydrogens (tertiary/aromatic N) is 1. The lowest BCUT2D eigenvalue weighted by Gasteiger charge is -2.38. The van der Waals surface area contributed by atoms with Gasteiger partial charge in [0.2, 0.25) is 0 Å². The number of rotatable bonds is 6.